The van der Waals surface area contributed by atoms with Crippen LogP contribution in [0.2, 0.25) is 5.02 Å². The first kappa shape index (κ1) is 10.7. The molecule has 1 aromatic heterocycles. The lowest BCUT2D eigenvalue weighted by Gasteiger charge is -2.25. The molecule has 0 atom stereocenters. The molecule has 5 nitrogen and oxygen atoms in total. The summed E-state index contributed by atoms with van der Waals surface area (Å²) in [5.41, 5.74) is 1.01. The van der Waals surface area contributed by atoms with Crippen LogP contribution >= 0.6 is 11.6 Å². The summed E-state index contributed by atoms with van der Waals surface area (Å²) in [4.78, 5) is 13.5. The summed E-state index contributed by atoms with van der Waals surface area (Å²) >= 11 is 6.04. The van der Waals surface area contributed by atoms with E-state index in [1.54, 1.807) is 12.1 Å². The van der Waals surface area contributed by atoms with Crippen LogP contribution < -0.4 is 10.5 Å². The van der Waals surface area contributed by atoms with Gasteiger partial charge in [-0.3, -0.25) is 4.98 Å². The number of aromatic nitrogens is 1. The summed E-state index contributed by atoms with van der Waals surface area (Å²) in [5, 5.41) is 0.454. The third-order valence-corrected chi connectivity index (χ3v) is 2.95. The minimum atomic E-state index is -0.499. The Morgan fingerprint density at radius 3 is 3.00 bits per heavy atom. The molecule has 17 heavy (non-hydrogen) atoms. The number of rotatable bonds is 3. The minimum Gasteiger partial charge on any atom is -0.491 e. The van der Waals surface area contributed by atoms with E-state index in [-0.39, 0.29) is 0 Å². The molecule has 0 bridgehead atoms. The van der Waals surface area contributed by atoms with Crippen molar-refractivity contribution >= 4 is 22.7 Å². The molecule has 1 aliphatic rings. The van der Waals surface area contributed by atoms with Gasteiger partial charge in [0.1, 0.15) is 5.75 Å². The van der Waals surface area contributed by atoms with E-state index in [0.717, 1.165) is 13.2 Å². The molecule has 90 valence electrons. The van der Waals surface area contributed by atoms with Crippen LogP contribution in [0, 0.1) is 5.92 Å². The Bertz CT molecular complexity index is 599. The van der Waals surface area contributed by atoms with Gasteiger partial charge in [0.15, 0.2) is 5.58 Å². The lowest BCUT2D eigenvalue weighted by molar-refractivity contribution is -0.0508. The van der Waals surface area contributed by atoms with Crippen molar-refractivity contribution in [3.8, 4) is 5.75 Å². The number of ether oxygens (including phenoxy) is 2. The van der Waals surface area contributed by atoms with Gasteiger partial charge in [0.2, 0.25) is 0 Å². The first-order chi connectivity index (χ1) is 8.22. The highest BCUT2D eigenvalue weighted by Gasteiger charge is 2.19. The predicted molar refractivity (Wildman–Crippen MR) is 61.6 cm³/mol. The Morgan fingerprint density at radius 1 is 1.47 bits per heavy atom. The van der Waals surface area contributed by atoms with E-state index in [1.807, 2.05) is 0 Å². The van der Waals surface area contributed by atoms with E-state index >= 15 is 0 Å². The molecule has 2 heterocycles. The molecule has 1 N–H and O–H groups in total. The molecule has 0 saturated carbocycles. The maximum absolute atomic E-state index is 11.0. The fourth-order valence-corrected chi connectivity index (χ4v) is 1.87. The topological polar surface area (TPSA) is 64.5 Å². The van der Waals surface area contributed by atoms with Crippen molar-refractivity contribution in [2.75, 3.05) is 19.8 Å². The van der Waals surface area contributed by atoms with Gasteiger partial charge in [-0.15, -0.1) is 0 Å². The van der Waals surface area contributed by atoms with Crippen molar-refractivity contribution in [2.24, 2.45) is 5.92 Å². The summed E-state index contributed by atoms with van der Waals surface area (Å²) in [6, 6.07) is 3.24. The zero-order chi connectivity index (χ0) is 11.8. The van der Waals surface area contributed by atoms with E-state index < -0.39 is 5.76 Å². The summed E-state index contributed by atoms with van der Waals surface area (Å²) < 4.78 is 15.6. The zero-order valence-electron chi connectivity index (χ0n) is 8.86. The van der Waals surface area contributed by atoms with Gasteiger partial charge in [0, 0.05) is 12.0 Å². The van der Waals surface area contributed by atoms with Gasteiger partial charge in [-0.1, -0.05) is 11.6 Å². The standard InChI is InChI=1S/C11H10ClNO4/c12-7-1-8-10(17-11(14)13-8)2-9(7)16-5-6-3-15-4-6/h1-2,6H,3-5H2,(H,13,14). The van der Waals surface area contributed by atoms with Gasteiger partial charge in [-0.2, -0.15) is 0 Å². The predicted octanol–water partition coefficient (Wildman–Crippen LogP) is 1.80. The number of benzene rings is 1. The lowest BCUT2D eigenvalue weighted by atomic mass is 10.1. The van der Waals surface area contributed by atoms with Crippen LogP contribution in [0.3, 0.4) is 0 Å². The molecule has 0 amide bonds. The van der Waals surface area contributed by atoms with E-state index in [0.29, 0.717) is 34.4 Å². The first-order valence-electron chi connectivity index (χ1n) is 5.25. The van der Waals surface area contributed by atoms with Crippen molar-refractivity contribution < 1.29 is 13.9 Å². The summed E-state index contributed by atoms with van der Waals surface area (Å²) in [6.07, 6.45) is 0. The normalized spacial score (nSPS) is 16.1. The van der Waals surface area contributed by atoms with Crippen molar-refractivity contribution in [1.82, 2.24) is 4.98 Å². The maximum atomic E-state index is 11.0. The van der Waals surface area contributed by atoms with Gasteiger partial charge in [-0.05, 0) is 6.07 Å². The van der Waals surface area contributed by atoms with E-state index in [1.165, 1.54) is 0 Å². The molecule has 3 rings (SSSR count). The highest BCUT2D eigenvalue weighted by molar-refractivity contribution is 6.32. The number of hydrogen-bond acceptors (Lipinski definition) is 4. The molecule has 1 aromatic carbocycles. The van der Waals surface area contributed by atoms with Crippen molar-refractivity contribution in [2.45, 2.75) is 0 Å². The summed E-state index contributed by atoms with van der Waals surface area (Å²) in [7, 11) is 0. The Balaban J connectivity index is 1.86. The van der Waals surface area contributed by atoms with Gasteiger partial charge in [0.05, 0.1) is 30.4 Å². The monoisotopic (exact) mass is 255 g/mol. The Labute approximate surface area is 101 Å². The van der Waals surface area contributed by atoms with Crippen molar-refractivity contribution in [3.63, 3.8) is 0 Å². The molecule has 6 heteroatoms. The Kier molecular flexibility index (Phi) is 2.57. The molecule has 0 unspecified atom stereocenters. The number of halogens is 1. The maximum Gasteiger partial charge on any atom is 0.417 e. The molecular formula is C11H10ClNO4. The highest BCUT2D eigenvalue weighted by Crippen LogP contribution is 2.29. The first-order valence-corrected chi connectivity index (χ1v) is 5.63. The molecular weight excluding hydrogens is 246 g/mol. The van der Waals surface area contributed by atoms with Crippen LogP contribution in [0.5, 0.6) is 5.75 Å². The number of aromatic amines is 1. The van der Waals surface area contributed by atoms with Crippen LogP contribution in [0.1, 0.15) is 0 Å². The van der Waals surface area contributed by atoms with Crippen LogP contribution in [0.25, 0.3) is 11.1 Å². The fraction of sp³-hybridized carbons (Fsp3) is 0.364. The van der Waals surface area contributed by atoms with Crippen LogP contribution in [-0.4, -0.2) is 24.8 Å². The van der Waals surface area contributed by atoms with Gasteiger partial charge >= 0.3 is 5.76 Å². The minimum absolute atomic E-state index is 0.417. The fourth-order valence-electron chi connectivity index (χ4n) is 1.65. The highest BCUT2D eigenvalue weighted by atomic mass is 35.5. The van der Waals surface area contributed by atoms with E-state index in [9.17, 15) is 4.79 Å². The third kappa shape index (κ3) is 2.03. The second kappa shape index (κ2) is 4.09. The smallest absolute Gasteiger partial charge is 0.417 e. The quantitative estimate of drug-likeness (QED) is 0.908. The SMILES string of the molecule is O=c1[nH]c2cc(Cl)c(OCC3COC3)cc2o1. The third-order valence-electron chi connectivity index (χ3n) is 2.66. The summed E-state index contributed by atoms with van der Waals surface area (Å²) in [6.45, 7) is 2.00. The zero-order valence-corrected chi connectivity index (χ0v) is 9.62. The van der Waals surface area contributed by atoms with Crippen LogP contribution in [0.4, 0.5) is 0 Å². The number of nitrogens with one attached hydrogen (secondary N) is 1. The van der Waals surface area contributed by atoms with Crippen molar-refractivity contribution in [3.05, 3.63) is 27.7 Å². The molecule has 1 aliphatic heterocycles. The second-order valence-electron chi connectivity index (χ2n) is 4.01. The molecule has 0 spiro atoms. The average molecular weight is 256 g/mol. The molecule has 0 radical (unpaired) electrons. The number of hydrogen-bond donors (Lipinski definition) is 1. The lowest BCUT2D eigenvalue weighted by Crippen LogP contribution is -2.32. The van der Waals surface area contributed by atoms with E-state index in [2.05, 4.69) is 4.98 Å². The van der Waals surface area contributed by atoms with Gasteiger partial charge in [0.25, 0.3) is 0 Å². The average Bonchev–Trinajstić information content (AvgIpc) is 2.55. The molecule has 0 aliphatic carbocycles. The second-order valence-corrected chi connectivity index (χ2v) is 4.41. The van der Waals surface area contributed by atoms with Gasteiger partial charge in [-0.25, -0.2) is 4.79 Å². The van der Waals surface area contributed by atoms with Crippen LogP contribution in [-0.2, 0) is 4.74 Å². The number of H-pyrrole nitrogens is 1. The van der Waals surface area contributed by atoms with E-state index in [4.69, 9.17) is 25.5 Å². The summed E-state index contributed by atoms with van der Waals surface area (Å²) in [5.74, 6) is 0.439. The largest absolute Gasteiger partial charge is 0.491 e. The Hall–Kier alpha value is -1.46. The number of oxazole rings is 1. The molecule has 1 fully saturated rings. The molecule has 1 saturated heterocycles. The molecule has 2 aromatic rings. The number of fused-ring (bicyclic) bond motifs is 1. The van der Waals surface area contributed by atoms with Crippen LogP contribution in [0.15, 0.2) is 21.3 Å². The van der Waals surface area contributed by atoms with Crippen molar-refractivity contribution in [1.29, 1.82) is 0 Å². The van der Waals surface area contributed by atoms with Gasteiger partial charge < -0.3 is 13.9 Å². The Morgan fingerprint density at radius 2 is 2.29 bits per heavy atom.